The number of hydrogen-bond acceptors (Lipinski definition) is 3. The molecule has 1 fully saturated rings. The molecule has 2 rings (SSSR count). The molecule has 1 aromatic carbocycles. The van der Waals surface area contributed by atoms with E-state index >= 15 is 0 Å². The third kappa shape index (κ3) is 3.03. The predicted octanol–water partition coefficient (Wildman–Crippen LogP) is 2.89. The van der Waals surface area contributed by atoms with Gasteiger partial charge >= 0.3 is 0 Å². The lowest BCUT2D eigenvalue weighted by Gasteiger charge is -2.31. The average molecular weight is 271 g/mol. The molecule has 108 valence electrons. The molecule has 0 amide bonds. The lowest BCUT2D eigenvalue weighted by atomic mass is 9.88. The maximum atomic E-state index is 9.70. The van der Waals surface area contributed by atoms with E-state index in [9.17, 15) is 5.26 Å². The molecular weight excluding hydrogens is 246 g/mol. The van der Waals surface area contributed by atoms with Crippen molar-refractivity contribution in [2.75, 3.05) is 20.1 Å². The lowest BCUT2D eigenvalue weighted by Crippen LogP contribution is -2.42. The van der Waals surface area contributed by atoms with Gasteiger partial charge in [-0.05, 0) is 44.8 Å². The first kappa shape index (κ1) is 15.0. The number of nitriles is 1. The number of hydrogen-bond donors (Lipinski definition) is 1. The lowest BCUT2D eigenvalue weighted by molar-refractivity contribution is 0.223. The number of nitrogens with zero attached hydrogens (tertiary/aromatic N) is 2. The highest BCUT2D eigenvalue weighted by atomic mass is 15.2. The van der Waals surface area contributed by atoms with Crippen LogP contribution in [0.1, 0.15) is 38.2 Å². The summed E-state index contributed by atoms with van der Waals surface area (Å²) in [6, 6.07) is 13.3. The van der Waals surface area contributed by atoms with Gasteiger partial charge in [0.2, 0.25) is 0 Å². The van der Waals surface area contributed by atoms with E-state index < -0.39 is 5.54 Å². The molecule has 1 heterocycles. The summed E-state index contributed by atoms with van der Waals surface area (Å²) in [5, 5.41) is 12.9. The fourth-order valence-electron chi connectivity index (χ4n) is 3.28. The summed E-state index contributed by atoms with van der Waals surface area (Å²) in [6.07, 6.45) is 4.65. The molecule has 1 aliphatic heterocycles. The molecule has 1 aliphatic rings. The Kier molecular flexibility index (Phi) is 5.17. The summed E-state index contributed by atoms with van der Waals surface area (Å²) in [6.45, 7) is 4.43. The van der Waals surface area contributed by atoms with E-state index in [-0.39, 0.29) is 0 Å². The number of benzene rings is 1. The van der Waals surface area contributed by atoms with Crippen LogP contribution in [0.3, 0.4) is 0 Å². The van der Waals surface area contributed by atoms with Gasteiger partial charge in [0.1, 0.15) is 5.54 Å². The van der Waals surface area contributed by atoms with Gasteiger partial charge in [-0.15, -0.1) is 0 Å². The third-order valence-electron chi connectivity index (χ3n) is 4.63. The molecule has 0 aliphatic carbocycles. The molecular formula is C17H25N3. The normalized spacial score (nSPS) is 22.4. The minimum absolute atomic E-state index is 0.567. The highest BCUT2D eigenvalue weighted by Crippen LogP contribution is 2.27. The van der Waals surface area contributed by atoms with E-state index in [0.29, 0.717) is 6.04 Å². The Morgan fingerprint density at radius 1 is 1.40 bits per heavy atom. The van der Waals surface area contributed by atoms with Gasteiger partial charge in [-0.25, -0.2) is 0 Å². The van der Waals surface area contributed by atoms with Gasteiger partial charge in [0, 0.05) is 12.6 Å². The van der Waals surface area contributed by atoms with Crippen molar-refractivity contribution in [2.24, 2.45) is 0 Å². The monoisotopic (exact) mass is 271 g/mol. The first-order valence-electron chi connectivity index (χ1n) is 7.65. The standard InChI is InChI=1S/C17H25N3/c1-3-16-10-7-12-20(16)13-11-17(14-18,19-2)15-8-5-4-6-9-15/h4-6,8-9,16,19H,3,7,10-13H2,1-2H3. The van der Waals surface area contributed by atoms with Crippen LogP contribution in [0.4, 0.5) is 0 Å². The van der Waals surface area contributed by atoms with Crippen LogP contribution in [-0.2, 0) is 5.54 Å². The number of rotatable bonds is 6. The van der Waals surface area contributed by atoms with Crippen molar-refractivity contribution in [3.63, 3.8) is 0 Å². The number of likely N-dealkylation sites (tertiary alicyclic amines) is 1. The molecule has 1 N–H and O–H groups in total. The maximum absolute atomic E-state index is 9.70. The van der Waals surface area contributed by atoms with E-state index in [1.54, 1.807) is 0 Å². The Labute approximate surface area is 122 Å². The van der Waals surface area contributed by atoms with Crippen LogP contribution < -0.4 is 5.32 Å². The van der Waals surface area contributed by atoms with Crippen LogP contribution in [0, 0.1) is 11.3 Å². The second-order valence-electron chi connectivity index (χ2n) is 5.62. The molecule has 1 saturated heterocycles. The van der Waals surface area contributed by atoms with Crippen LogP contribution in [0.5, 0.6) is 0 Å². The second kappa shape index (κ2) is 6.88. The third-order valence-corrected chi connectivity index (χ3v) is 4.63. The fraction of sp³-hybridized carbons (Fsp3) is 0.588. The summed E-state index contributed by atoms with van der Waals surface area (Å²) in [4.78, 5) is 2.55. The van der Waals surface area contributed by atoms with E-state index in [0.717, 1.165) is 18.5 Å². The van der Waals surface area contributed by atoms with Crippen LogP contribution in [0.2, 0.25) is 0 Å². The first-order chi connectivity index (χ1) is 9.75. The van der Waals surface area contributed by atoms with Crippen molar-refractivity contribution < 1.29 is 0 Å². The van der Waals surface area contributed by atoms with Crippen LogP contribution >= 0.6 is 0 Å². The maximum Gasteiger partial charge on any atom is 0.133 e. The summed E-state index contributed by atoms with van der Waals surface area (Å²) in [5.41, 5.74) is 0.500. The first-order valence-corrected chi connectivity index (χ1v) is 7.65. The topological polar surface area (TPSA) is 39.1 Å². The van der Waals surface area contributed by atoms with Gasteiger partial charge in [-0.3, -0.25) is 5.32 Å². The largest absolute Gasteiger partial charge is 0.300 e. The van der Waals surface area contributed by atoms with Crippen LogP contribution in [0.15, 0.2) is 30.3 Å². The molecule has 3 heteroatoms. The molecule has 3 nitrogen and oxygen atoms in total. The van der Waals surface area contributed by atoms with Crippen molar-refractivity contribution in [1.82, 2.24) is 10.2 Å². The number of nitrogens with one attached hydrogen (secondary N) is 1. The molecule has 2 unspecified atom stereocenters. The zero-order valence-corrected chi connectivity index (χ0v) is 12.6. The average Bonchev–Trinajstić information content (AvgIpc) is 2.97. The minimum atomic E-state index is -0.567. The van der Waals surface area contributed by atoms with Crippen LogP contribution in [0.25, 0.3) is 0 Å². The van der Waals surface area contributed by atoms with Crippen molar-refractivity contribution >= 4 is 0 Å². The quantitative estimate of drug-likeness (QED) is 0.864. The molecule has 1 aromatic rings. The van der Waals surface area contributed by atoms with Gasteiger partial charge in [0.05, 0.1) is 6.07 Å². The van der Waals surface area contributed by atoms with E-state index in [1.807, 2.05) is 37.4 Å². The molecule has 0 saturated carbocycles. The Balaban J connectivity index is 2.09. The Morgan fingerprint density at radius 3 is 2.75 bits per heavy atom. The summed E-state index contributed by atoms with van der Waals surface area (Å²) >= 11 is 0. The summed E-state index contributed by atoms with van der Waals surface area (Å²) < 4.78 is 0. The smallest absolute Gasteiger partial charge is 0.133 e. The van der Waals surface area contributed by atoms with E-state index in [2.05, 4.69) is 23.2 Å². The summed E-state index contributed by atoms with van der Waals surface area (Å²) in [5.74, 6) is 0. The molecule has 0 aromatic heterocycles. The molecule has 0 bridgehead atoms. The van der Waals surface area contributed by atoms with Gasteiger partial charge in [-0.2, -0.15) is 5.26 Å². The zero-order chi connectivity index (χ0) is 14.4. The van der Waals surface area contributed by atoms with E-state index in [1.165, 1.54) is 25.8 Å². The van der Waals surface area contributed by atoms with Gasteiger partial charge in [-0.1, -0.05) is 37.3 Å². The highest BCUT2D eigenvalue weighted by Gasteiger charge is 2.32. The zero-order valence-electron chi connectivity index (χ0n) is 12.6. The predicted molar refractivity (Wildman–Crippen MR) is 82.3 cm³/mol. The molecule has 0 radical (unpaired) electrons. The second-order valence-corrected chi connectivity index (χ2v) is 5.62. The van der Waals surface area contributed by atoms with Crippen molar-refractivity contribution in [2.45, 2.75) is 44.2 Å². The Morgan fingerprint density at radius 2 is 2.15 bits per heavy atom. The fourth-order valence-corrected chi connectivity index (χ4v) is 3.28. The van der Waals surface area contributed by atoms with Crippen molar-refractivity contribution in [3.05, 3.63) is 35.9 Å². The van der Waals surface area contributed by atoms with Crippen molar-refractivity contribution in [1.29, 1.82) is 5.26 Å². The van der Waals surface area contributed by atoms with Crippen LogP contribution in [-0.4, -0.2) is 31.1 Å². The Hall–Kier alpha value is -1.37. The van der Waals surface area contributed by atoms with Gasteiger partial charge in [0.15, 0.2) is 0 Å². The molecule has 20 heavy (non-hydrogen) atoms. The van der Waals surface area contributed by atoms with E-state index in [4.69, 9.17) is 0 Å². The molecule has 2 atom stereocenters. The van der Waals surface area contributed by atoms with Gasteiger partial charge < -0.3 is 4.90 Å². The molecule has 0 spiro atoms. The minimum Gasteiger partial charge on any atom is -0.300 e. The van der Waals surface area contributed by atoms with Gasteiger partial charge in [0.25, 0.3) is 0 Å². The summed E-state index contributed by atoms with van der Waals surface area (Å²) in [7, 11) is 1.89. The SMILES string of the molecule is CCC1CCCN1CCC(C#N)(NC)c1ccccc1. The highest BCUT2D eigenvalue weighted by molar-refractivity contribution is 5.31. The van der Waals surface area contributed by atoms with Crippen molar-refractivity contribution in [3.8, 4) is 6.07 Å². The Bertz CT molecular complexity index is 451.